The highest BCUT2D eigenvalue weighted by molar-refractivity contribution is 6.30. The highest BCUT2D eigenvalue weighted by Crippen LogP contribution is 2.23. The summed E-state index contributed by atoms with van der Waals surface area (Å²) >= 11 is 5.80. The third kappa shape index (κ3) is 2.40. The zero-order chi connectivity index (χ0) is 11.5. The summed E-state index contributed by atoms with van der Waals surface area (Å²) in [6, 6.07) is 10.9. The van der Waals surface area contributed by atoms with E-state index < -0.39 is 6.10 Å². The lowest BCUT2D eigenvalue weighted by Gasteiger charge is -2.11. The summed E-state index contributed by atoms with van der Waals surface area (Å²) in [6.45, 7) is 1.90. The molecule has 1 aromatic carbocycles. The van der Waals surface area contributed by atoms with Crippen LogP contribution >= 0.6 is 11.6 Å². The number of aliphatic hydroxyl groups excluding tert-OH is 1. The van der Waals surface area contributed by atoms with Gasteiger partial charge in [0.2, 0.25) is 0 Å². The van der Waals surface area contributed by atoms with Crippen LogP contribution < -0.4 is 0 Å². The van der Waals surface area contributed by atoms with Crippen LogP contribution in [-0.4, -0.2) is 10.1 Å². The van der Waals surface area contributed by atoms with Crippen LogP contribution in [0.25, 0.3) is 0 Å². The molecule has 0 saturated carbocycles. The van der Waals surface area contributed by atoms with E-state index in [1.54, 1.807) is 18.3 Å². The average Bonchev–Trinajstić information content (AvgIpc) is 2.29. The maximum Gasteiger partial charge on any atom is 0.104 e. The molecule has 0 aliphatic heterocycles. The van der Waals surface area contributed by atoms with E-state index in [0.717, 1.165) is 16.8 Å². The molecule has 0 saturated heterocycles. The maximum atomic E-state index is 10.1. The van der Waals surface area contributed by atoms with Crippen molar-refractivity contribution in [3.63, 3.8) is 0 Å². The van der Waals surface area contributed by atoms with E-state index >= 15 is 0 Å². The lowest BCUT2D eigenvalue weighted by atomic mass is 10.0. The Morgan fingerprint density at radius 3 is 2.44 bits per heavy atom. The third-order valence-corrected chi connectivity index (χ3v) is 2.67. The summed E-state index contributed by atoms with van der Waals surface area (Å²) in [6.07, 6.45) is 1.07. The molecule has 0 bridgehead atoms. The first-order chi connectivity index (χ1) is 7.66. The molecule has 1 unspecified atom stereocenters. The Morgan fingerprint density at radius 1 is 1.12 bits per heavy atom. The van der Waals surface area contributed by atoms with Gasteiger partial charge in [0.1, 0.15) is 6.10 Å². The minimum absolute atomic E-state index is 0.626. The summed E-state index contributed by atoms with van der Waals surface area (Å²) in [5, 5.41) is 10.8. The second kappa shape index (κ2) is 4.64. The summed E-state index contributed by atoms with van der Waals surface area (Å²) < 4.78 is 0. The van der Waals surface area contributed by atoms with Crippen molar-refractivity contribution in [1.29, 1.82) is 0 Å². The smallest absolute Gasteiger partial charge is 0.104 e. The molecule has 1 N–H and O–H groups in total. The molecule has 2 aromatic rings. The topological polar surface area (TPSA) is 33.1 Å². The number of rotatable bonds is 2. The van der Waals surface area contributed by atoms with Crippen molar-refractivity contribution in [2.24, 2.45) is 0 Å². The van der Waals surface area contributed by atoms with Crippen LogP contribution in [0.4, 0.5) is 0 Å². The predicted octanol–water partition coefficient (Wildman–Crippen LogP) is 3.13. The minimum Gasteiger partial charge on any atom is -0.384 e. The molecular weight excluding hydrogens is 222 g/mol. The van der Waals surface area contributed by atoms with E-state index in [-0.39, 0.29) is 0 Å². The van der Waals surface area contributed by atoms with Crippen LogP contribution in [0.3, 0.4) is 0 Å². The standard InChI is InChI=1S/C13H12ClNO/c1-9-8-11(6-7-15-9)13(16)10-2-4-12(14)5-3-10/h2-8,13,16H,1H3. The Hall–Kier alpha value is -1.38. The first-order valence-corrected chi connectivity index (χ1v) is 5.41. The van der Waals surface area contributed by atoms with E-state index in [0.29, 0.717) is 5.02 Å². The van der Waals surface area contributed by atoms with E-state index in [9.17, 15) is 5.11 Å². The molecular formula is C13H12ClNO. The van der Waals surface area contributed by atoms with Gasteiger partial charge in [-0.3, -0.25) is 4.98 Å². The average molecular weight is 234 g/mol. The number of aryl methyl sites for hydroxylation is 1. The fourth-order valence-electron chi connectivity index (χ4n) is 1.58. The van der Waals surface area contributed by atoms with Crippen molar-refractivity contribution < 1.29 is 5.11 Å². The number of aromatic nitrogens is 1. The molecule has 1 heterocycles. The van der Waals surface area contributed by atoms with Gasteiger partial charge < -0.3 is 5.11 Å². The third-order valence-electron chi connectivity index (χ3n) is 2.42. The van der Waals surface area contributed by atoms with Crippen molar-refractivity contribution in [2.75, 3.05) is 0 Å². The van der Waals surface area contributed by atoms with Crippen molar-refractivity contribution in [3.8, 4) is 0 Å². The van der Waals surface area contributed by atoms with Gasteiger partial charge in [-0.25, -0.2) is 0 Å². The van der Waals surface area contributed by atoms with E-state index in [1.807, 2.05) is 31.2 Å². The number of pyridine rings is 1. The Kier molecular flexibility index (Phi) is 3.22. The normalized spacial score (nSPS) is 12.4. The molecule has 0 aliphatic carbocycles. The minimum atomic E-state index is -0.626. The Morgan fingerprint density at radius 2 is 1.81 bits per heavy atom. The van der Waals surface area contributed by atoms with Gasteiger partial charge in [-0.2, -0.15) is 0 Å². The number of hydrogen-bond acceptors (Lipinski definition) is 2. The van der Waals surface area contributed by atoms with Crippen molar-refractivity contribution >= 4 is 11.6 Å². The molecule has 2 rings (SSSR count). The van der Waals surface area contributed by atoms with E-state index in [4.69, 9.17) is 11.6 Å². The summed E-state index contributed by atoms with van der Waals surface area (Å²) in [5.41, 5.74) is 2.57. The number of hydrogen-bond donors (Lipinski definition) is 1. The summed E-state index contributed by atoms with van der Waals surface area (Å²) in [5.74, 6) is 0. The van der Waals surface area contributed by atoms with Gasteiger partial charge in [-0.1, -0.05) is 23.7 Å². The highest BCUT2D eigenvalue weighted by atomic mass is 35.5. The highest BCUT2D eigenvalue weighted by Gasteiger charge is 2.10. The summed E-state index contributed by atoms with van der Waals surface area (Å²) in [7, 11) is 0. The molecule has 16 heavy (non-hydrogen) atoms. The van der Waals surface area contributed by atoms with E-state index in [1.165, 1.54) is 0 Å². The Bertz CT molecular complexity index is 482. The second-order valence-electron chi connectivity index (χ2n) is 3.68. The second-order valence-corrected chi connectivity index (χ2v) is 4.12. The molecule has 0 amide bonds. The molecule has 0 radical (unpaired) electrons. The van der Waals surface area contributed by atoms with E-state index in [2.05, 4.69) is 4.98 Å². The first-order valence-electron chi connectivity index (χ1n) is 5.03. The van der Waals surface area contributed by atoms with Gasteiger partial charge >= 0.3 is 0 Å². The van der Waals surface area contributed by atoms with Crippen molar-refractivity contribution in [2.45, 2.75) is 13.0 Å². The number of nitrogens with zero attached hydrogens (tertiary/aromatic N) is 1. The molecule has 0 fully saturated rings. The van der Waals surface area contributed by atoms with Gasteiger partial charge in [-0.05, 0) is 42.3 Å². The lowest BCUT2D eigenvalue weighted by molar-refractivity contribution is 0.220. The fraction of sp³-hybridized carbons (Fsp3) is 0.154. The van der Waals surface area contributed by atoms with Gasteiger partial charge in [0, 0.05) is 16.9 Å². The first kappa shape index (κ1) is 11.1. The fourth-order valence-corrected chi connectivity index (χ4v) is 1.70. The monoisotopic (exact) mass is 233 g/mol. The van der Waals surface area contributed by atoms with Crippen molar-refractivity contribution in [1.82, 2.24) is 4.98 Å². The molecule has 2 nitrogen and oxygen atoms in total. The molecule has 82 valence electrons. The van der Waals surface area contributed by atoms with Gasteiger partial charge in [0.15, 0.2) is 0 Å². The Balaban J connectivity index is 2.31. The van der Waals surface area contributed by atoms with Crippen molar-refractivity contribution in [3.05, 3.63) is 64.4 Å². The Labute approximate surface area is 99.5 Å². The molecule has 3 heteroatoms. The van der Waals surface area contributed by atoms with Gasteiger partial charge in [-0.15, -0.1) is 0 Å². The van der Waals surface area contributed by atoms with Crippen LogP contribution in [0.5, 0.6) is 0 Å². The number of aliphatic hydroxyl groups is 1. The molecule has 0 aliphatic rings. The van der Waals surface area contributed by atoms with Crippen LogP contribution in [0.2, 0.25) is 5.02 Å². The molecule has 1 atom stereocenters. The number of halogens is 1. The van der Waals surface area contributed by atoms with Crippen LogP contribution in [0, 0.1) is 6.92 Å². The zero-order valence-corrected chi connectivity index (χ0v) is 9.65. The van der Waals surface area contributed by atoms with Crippen LogP contribution in [-0.2, 0) is 0 Å². The summed E-state index contributed by atoms with van der Waals surface area (Å²) in [4.78, 5) is 4.10. The molecule has 1 aromatic heterocycles. The maximum absolute atomic E-state index is 10.1. The van der Waals surface area contributed by atoms with Crippen LogP contribution in [0.15, 0.2) is 42.6 Å². The lowest BCUT2D eigenvalue weighted by Crippen LogP contribution is -2.00. The zero-order valence-electron chi connectivity index (χ0n) is 8.89. The number of benzene rings is 1. The predicted molar refractivity (Wildman–Crippen MR) is 64.5 cm³/mol. The quantitative estimate of drug-likeness (QED) is 0.865. The van der Waals surface area contributed by atoms with Gasteiger partial charge in [0.25, 0.3) is 0 Å². The molecule has 0 spiro atoms. The SMILES string of the molecule is Cc1cc(C(O)c2ccc(Cl)cc2)ccn1. The van der Waals surface area contributed by atoms with Crippen LogP contribution in [0.1, 0.15) is 22.9 Å². The van der Waals surface area contributed by atoms with Gasteiger partial charge in [0.05, 0.1) is 0 Å². The largest absolute Gasteiger partial charge is 0.384 e.